The molecule has 0 bridgehead atoms. The van der Waals surface area contributed by atoms with Gasteiger partial charge in [-0.25, -0.2) is 0 Å². The number of nitro benzene ring substituents is 1. The minimum Gasteiger partial charge on any atom is -0.363 e. The van der Waals surface area contributed by atoms with Gasteiger partial charge in [-0.05, 0) is 53.9 Å². The molecule has 0 saturated heterocycles. The number of benzene rings is 3. The van der Waals surface area contributed by atoms with Crippen molar-refractivity contribution in [3.63, 3.8) is 0 Å². The summed E-state index contributed by atoms with van der Waals surface area (Å²) in [6.45, 7) is 2.03. The summed E-state index contributed by atoms with van der Waals surface area (Å²) in [5.74, 6) is 0. The van der Waals surface area contributed by atoms with Crippen molar-refractivity contribution < 1.29 is 4.92 Å². The molecular formula is C21H18ClN3O2. The normalized spacial score (nSPS) is 21.2. The zero-order valence-corrected chi connectivity index (χ0v) is 15.4. The number of non-ortho nitro benzene ring substituents is 1. The summed E-state index contributed by atoms with van der Waals surface area (Å²) in [6, 6.07) is 22.5. The molecule has 0 spiro atoms. The van der Waals surface area contributed by atoms with Gasteiger partial charge in [0, 0.05) is 22.8 Å². The van der Waals surface area contributed by atoms with Crippen LogP contribution in [0, 0.1) is 10.1 Å². The summed E-state index contributed by atoms with van der Waals surface area (Å²) in [5, 5.41) is 18.8. The maximum Gasteiger partial charge on any atom is 0.269 e. The molecule has 3 aromatic rings. The molecule has 5 nitrogen and oxygen atoms in total. The van der Waals surface area contributed by atoms with E-state index in [1.165, 1.54) is 12.1 Å². The largest absolute Gasteiger partial charge is 0.363 e. The van der Waals surface area contributed by atoms with Crippen LogP contribution in [-0.4, -0.2) is 4.92 Å². The van der Waals surface area contributed by atoms with Crippen LogP contribution >= 0.6 is 11.6 Å². The predicted octanol–water partition coefficient (Wildman–Crippen LogP) is 5.23. The van der Waals surface area contributed by atoms with E-state index in [9.17, 15) is 10.1 Å². The van der Waals surface area contributed by atoms with E-state index in [0.29, 0.717) is 5.02 Å². The van der Waals surface area contributed by atoms with Gasteiger partial charge < -0.3 is 5.32 Å². The summed E-state index contributed by atoms with van der Waals surface area (Å²) in [5.41, 5.74) is 3.55. The zero-order chi connectivity index (χ0) is 19.0. The SMILES string of the molecule is CC1(c2ccc([N+](=O)[O-])cc2)Nc2ccc(Cl)cc2C(c2ccccc2)N1. The second kappa shape index (κ2) is 6.68. The summed E-state index contributed by atoms with van der Waals surface area (Å²) in [4.78, 5) is 10.6. The number of hydrogen-bond donors (Lipinski definition) is 2. The monoisotopic (exact) mass is 379 g/mol. The molecule has 6 heteroatoms. The van der Waals surface area contributed by atoms with Crippen LogP contribution in [0.2, 0.25) is 5.02 Å². The van der Waals surface area contributed by atoms with Gasteiger partial charge in [0.2, 0.25) is 0 Å². The van der Waals surface area contributed by atoms with Crippen LogP contribution < -0.4 is 10.6 Å². The molecule has 2 N–H and O–H groups in total. The fourth-order valence-electron chi connectivity index (χ4n) is 3.54. The van der Waals surface area contributed by atoms with Crippen LogP contribution in [0.25, 0.3) is 0 Å². The topological polar surface area (TPSA) is 67.2 Å². The van der Waals surface area contributed by atoms with Crippen molar-refractivity contribution in [2.24, 2.45) is 0 Å². The number of nitrogens with one attached hydrogen (secondary N) is 2. The first-order valence-corrected chi connectivity index (χ1v) is 8.99. The molecule has 27 heavy (non-hydrogen) atoms. The van der Waals surface area contributed by atoms with Crippen LogP contribution in [0.1, 0.15) is 29.7 Å². The summed E-state index contributed by atoms with van der Waals surface area (Å²) in [7, 11) is 0. The Hall–Kier alpha value is -2.89. The zero-order valence-electron chi connectivity index (χ0n) is 14.6. The molecule has 4 rings (SSSR count). The Labute approximate surface area is 162 Å². The molecule has 136 valence electrons. The van der Waals surface area contributed by atoms with E-state index in [2.05, 4.69) is 22.8 Å². The molecule has 0 amide bonds. The maximum absolute atomic E-state index is 11.0. The average molecular weight is 380 g/mol. The van der Waals surface area contributed by atoms with Crippen LogP contribution in [0.5, 0.6) is 0 Å². The second-order valence-electron chi connectivity index (χ2n) is 6.77. The third-order valence-electron chi connectivity index (χ3n) is 4.93. The standard InChI is InChI=1S/C21H18ClN3O2/c1-21(15-7-10-17(11-8-15)25(26)27)23-19-12-9-16(22)13-18(19)20(24-21)14-5-3-2-4-6-14/h2-13,20,23-24H,1H3. The molecule has 2 atom stereocenters. The minimum atomic E-state index is -0.601. The van der Waals surface area contributed by atoms with Gasteiger partial charge in [-0.15, -0.1) is 0 Å². The quantitative estimate of drug-likeness (QED) is 0.483. The van der Waals surface area contributed by atoms with Crippen molar-refractivity contribution in [1.82, 2.24) is 5.32 Å². The van der Waals surface area contributed by atoms with Gasteiger partial charge >= 0.3 is 0 Å². The van der Waals surface area contributed by atoms with Crippen LogP contribution in [0.15, 0.2) is 72.8 Å². The van der Waals surface area contributed by atoms with E-state index in [-0.39, 0.29) is 11.7 Å². The number of nitrogens with zero attached hydrogens (tertiary/aromatic N) is 1. The Bertz CT molecular complexity index is 992. The molecule has 1 aliphatic rings. The van der Waals surface area contributed by atoms with Crippen molar-refractivity contribution in [3.05, 3.63) is 105 Å². The Morgan fingerprint density at radius 3 is 2.41 bits per heavy atom. The van der Waals surface area contributed by atoms with Crippen molar-refractivity contribution in [2.45, 2.75) is 18.6 Å². The van der Waals surface area contributed by atoms with Gasteiger partial charge in [0.05, 0.1) is 11.0 Å². The third-order valence-corrected chi connectivity index (χ3v) is 5.17. The van der Waals surface area contributed by atoms with E-state index >= 15 is 0 Å². The lowest BCUT2D eigenvalue weighted by atomic mass is 9.89. The highest BCUT2D eigenvalue weighted by molar-refractivity contribution is 6.30. The van der Waals surface area contributed by atoms with E-state index < -0.39 is 10.6 Å². The Morgan fingerprint density at radius 1 is 1.04 bits per heavy atom. The van der Waals surface area contributed by atoms with E-state index in [4.69, 9.17) is 11.6 Å². The number of anilines is 1. The highest BCUT2D eigenvalue weighted by Gasteiger charge is 2.36. The lowest BCUT2D eigenvalue weighted by molar-refractivity contribution is -0.384. The van der Waals surface area contributed by atoms with E-state index in [0.717, 1.165) is 22.4 Å². The van der Waals surface area contributed by atoms with Gasteiger partial charge in [0.1, 0.15) is 5.66 Å². The van der Waals surface area contributed by atoms with Crippen molar-refractivity contribution in [1.29, 1.82) is 0 Å². The Morgan fingerprint density at radius 2 is 1.74 bits per heavy atom. The first-order valence-electron chi connectivity index (χ1n) is 8.61. The molecule has 1 aliphatic heterocycles. The van der Waals surface area contributed by atoms with Gasteiger partial charge in [-0.1, -0.05) is 41.9 Å². The molecule has 1 heterocycles. The van der Waals surface area contributed by atoms with E-state index in [1.54, 1.807) is 12.1 Å². The van der Waals surface area contributed by atoms with Crippen LogP contribution in [0.4, 0.5) is 11.4 Å². The Kier molecular flexibility index (Phi) is 4.34. The number of hydrogen-bond acceptors (Lipinski definition) is 4. The van der Waals surface area contributed by atoms with Crippen molar-refractivity contribution in [3.8, 4) is 0 Å². The summed E-state index contributed by atoms with van der Waals surface area (Å²) >= 11 is 6.25. The van der Waals surface area contributed by atoms with E-state index in [1.807, 2.05) is 43.3 Å². The van der Waals surface area contributed by atoms with Crippen LogP contribution in [-0.2, 0) is 5.66 Å². The molecule has 0 radical (unpaired) electrons. The number of halogens is 1. The fourth-order valence-corrected chi connectivity index (χ4v) is 3.72. The smallest absolute Gasteiger partial charge is 0.269 e. The third kappa shape index (κ3) is 3.27. The molecular weight excluding hydrogens is 362 g/mol. The van der Waals surface area contributed by atoms with Crippen molar-refractivity contribution in [2.75, 3.05) is 5.32 Å². The number of rotatable bonds is 3. The molecule has 3 aromatic carbocycles. The predicted molar refractivity (Wildman–Crippen MR) is 107 cm³/mol. The summed E-state index contributed by atoms with van der Waals surface area (Å²) in [6.07, 6.45) is 0. The highest BCUT2D eigenvalue weighted by atomic mass is 35.5. The fraction of sp³-hybridized carbons (Fsp3) is 0.143. The molecule has 0 fully saturated rings. The Balaban J connectivity index is 1.80. The molecule has 0 saturated carbocycles. The first kappa shape index (κ1) is 17.5. The maximum atomic E-state index is 11.0. The lowest BCUT2D eigenvalue weighted by Gasteiger charge is -2.43. The van der Waals surface area contributed by atoms with Gasteiger partial charge in [-0.3, -0.25) is 15.4 Å². The van der Waals surface area contributed by atoms with Crippen LogP contribution in [0.3, 0.4) is 0 Å². The molecule has 0 aromatic heterocycles. The minimum absolute atomic E-state index is 0.0682. The number of nitro groups is 1. The van der Waals surface area contributed by atoms with Gasteiger partial charge in [0.25, 0.3) is 5.69 Å². The molecule has 0 aliphatic carbocycles. The molecule has 2 unspecified atom stereocenters. The van der Waals surface area contributed by atoms with Gasteiger partial charge in [0.15, 0.2) is 0 Å². The summed E-state index contributed by atoms with van der Waals surface area (Å²) < 4.78 is 0. The lowest BCUT2D eigenvalue weighted by Crippen LogP contribution is -2.51. The highest BCUT2D eigenvalue weighted by Crippen LogP contribution is 2.40. The van der Waals surface area contributed by atoms with Crippen molar-refractivity contribution >= 4 is 23.0 Å². The number of fused-ring (bicyclic) bond motifs is 1. The van der Waals surface area contributed by atoms with Gasteiger partial charge in [-0.2, -0.15) is 0 Å². The first-order chi connectivity index (χ1) is 13.0. The second-order valence-corrected chi connectivity index (χ2v) is 7.21. The average Bonchev–Trinajstić information content (AvgIpc) is 2.68.